The molecule has 0 unspecified atom stereocenters. The van der Waals surface area contributed by atoms with Gasteiger partial charge in [0.2, 0.25) is 15.9 Å². The number of piperazine rings is 1. The molecule has 28 heavy (non-hydrogen) atoms. The highest BCUT2D eigenvalue weighted by Crippen LogP contribution is 2.18. The van der Waals surface area contributed by atoms with E-state index in [4.69, 9.17) is 0 Å². The number of halogens is 2. The lowest BCUT2D eigenvalue weighted by molar-refractivity contribution is -0.117. The van der Waals surface area contributed by atoms with Crippen LogP contribution in [-0.4, -0.2) is 56.3 Å². The van der Waals surface area contributed by atoms with Crippen molar-refractivity contribution < 1.29 is 22.0 Å². The van der Waals surface area contributed by atoms with Gasteiger partial charge in [-0.25, -0.2) is 17.2 Å². The predicted molar refractivity (Wildman–Crippen MR) is 101 cm³/mol. The van der Waals surface area contributed by atoms with Gasteiger partial charge in [0.25, 0.3) is 0 Å². The Hall–Kier alpha value is -2.36. The van der Waals surface area contributed by atoms with Crippen molar-refractivity contribution in [2.45, 2.75) is 11.8 Å². The van der Waals surface area contributed by atoms with Gasteiger partial charge in [-0.15, -0.1) is 0 Å². The molecule has 0 spiro atoms. The summed E-state index contributed by atoms with van der Waals surface area (Å²) in [5.41, 5.74) is 1.15. The summed E-state index contributed by atoms with van der Waals surface area (Å²) >= 11 is 0. The fraction of sp³-hybridized carbons (Fsp3) is 0.316. The Morgan fingerprint density at radius 2 is 1.64 bits per heavy atom. The van der Waals surface area contributed by atoms with Gasteiger partial charge < -0.3 is 5.32 Å². The summed E-state index contributed by atoms with van der Waals surface area (Å²) in [5, 5.41) is 2.51. The number of benzene rings is 2. The first kappa shape index (κ1) is 20.4. The fourth-order valence-corrected chi connectivity index (χ4v) is 4.39. The zero-order valence-corrected chi connectivity index (χ0v) is 16.2. The van der Waals surface area contributed by atoms with Gasteiger partial charge in [-0.1, -0.05) is 17.7 Å². The highest BCUT2D eigenvalue weighted by atomic mass is 32.2. The van der Waals surface area contributed by atoms with Crippen molar-refractivity contribution in [1.29, 1.82) is 0 Å². The summed E-state index contributed by atoms with van der Waals surface area (Å²) in [4.78, 5) is 14.2. The number of nitrogens with zero attached hydrogens (tertiary/aromatic N) is 2. The number of carbonyl (C=O) groups excluding carboxylic acids is 1. The van der Waals surface area contributed by atoms with Gasteiger partial charge >= 0.3 is 0 Å². The maximum Gasteiger partial charge on any atom is 0.243 e. The van der Waals surface area contributed by atoms with Crippen molar-refractivity contribution in [3.05, 3.63) is 59.7 Å². The van der Waals surface area contributed by atoms with E-state index in [1.54, 1.807) is 24.3 Å². The van der Waals surface area contributed by atoms with Crippen LogP contribution < -0.4 is 5.32 Å². The molecule has 0 aromatic heterocycles. The molecule has 1 saturated heterocycles. The second kappa shape index (κ2) is 8.34. The Labute approximate surface area is 162 Å². The van der Waals surface area contributed by atoms with E-state index < -0.39 is 21.7 Å². The van der Waals surface area contributed by atoms with Gasteiger partial charge in [0.15, 0.2) is 11.6 Å². The van der Waals surface area contributed by atoms with Crippen molar-refractivity contribution in [3.8, 4) is 0 Å². The SMILES string of the molecule is Cc1ccc(S(=O)(=O)N2CCN(CC(=O)Nc3ccc(F)c(F)c3)CC2)cc1. The Bertz CT molecular complexity index is 957. The summed E-state index contributed by atoms with van der Waals surface area (Å²) in [6, 6.07) is 9.83. The second-order valence-electron chi connectivity index (χ2n) is 6.67. The number of hydrogen-bond donors (Lipinski definition) is 1. The van der Waals surface area contributed by atoms with E-state index in [0.29, 0.717) is 13.1 Å². The predicted octanol–water partition coefficient (Wildman–Crippen LogP) is 2.22. The molecule has 3 rings (SSSR count). The van der Waals surface area contributed by atoms with Crippen LogP contribution in [0.4, 0.5) is 14.5 Å². The molecule has 0 atom stereocenters. The van der Waals surface area contributed by atoms with E-state index >= 15 is 0 Å². The lowest BCUT2D eigenvalue weighted by atomic mass is 10.2. The Morgan fingerprint density at radius 3 is 2.25 bits per heavy atom. The van der Waals surface area contributed by atoms with Crippen molar-refractivity contribution in [1.82, 2.24) is 9.21 Å². The zero-order chi connectivity index (χ0) is 20.3. The van der Waals surface area contributed by atoms with Gasteiger partial charge in [0.1, 0.15) is 0 Å². The molecule has 1 N–H and O–H groups in total. The Morgan fingerprint density at radius 1 is 1.00 bits per heavy atom. The topological polar surface area (TPSA) is 69.7 Å². The highest BCUT2D eigenvalue weighted by Gasteiger charge is 2.29. The highest BCUT2D eigenvalue weighted by molar-refractivity contribution is 7.89. The van der Waals surface area contributed by atoms with Crippen LogP contribution in [-0.2, 0) is 14.8 Å². The molecule has 0 aliphatic carbocycles. The van der Waals surface area contributed by atoms with E-state index in [9.17, 15) is 22.0 Å². The quantitative estimate of drug-likeness (QED) is 0.822. The maximum atomic E-state index is 13.2. The average molecular weight is 409 g/mol. The van der Waals surface area contributed by atoms with Gasteiger partial charge in [0, 0.05) is 37.9 Å². The summed E-state index contributed by atoms with van der Waals surface area (Å²) in [6.07, 6.45) is 0. The van der Waals surface area contributed by atoms with E-state index in [1.165, 1.54) is 10.4 Å². The first-order chi connectivity index (χ1) is 13.3. The lowest BCUT2D eigenvalue weighted by Gasteiger charge is -2.33. The third kappa shape index (κ3) is 4.73. The van der Waals surface area contributed by atoms with Gasteiger partial charge in [-0.2, -0.15) is 4.31 Å². The normalized spacial score (nSPS) is 16.1. The summed E-state index contributed by atoms with van der Waals surface area (Å²) in [7, 11) is -3.56. The number of amides is 1. The second-order valence-corrected chi connectivity index (χ2v) is 8.61. The van der Waals surface area contributed by atoms with Crippen LogP contribution in [0.2, 0.25) is 0 Å². The van der Waals surface area contributed by atoms with Crippen LogP contribution in [0.3, 0.4) is 0 Å². The summed E-state index contributed by atoms with van der Waals surface area (Å²) in [5.74, 6) is -2.39. The molecular weight excluding hydrogens is 388 g/mol. The van der Waals surface area contributed by atoms with Crippen LogP contribution in [0.5, 0.6) is 0 Å². The number of hydrogen-bond acceptors (Lipinski definition) is 4. The smallest absolute Gasteiger partial charge is 0.243 e. The largest absolute Gasteiger partial charge is 0.325 e. The fourth-order valence-electron chi connectivity index (χ4n) is 2.96. The number of sulfonamides is 1. The molecule has 150 valence electrons. The molecule has 1 heterocycles. The monoisotopic (exact) mass is 409 g/mol. The van der Waals surface area contributed by atoms with Crippen LogP contribution in [0.1, 0.15) is 5.56 Å². The molecule has 1 fully saturated rings. The zero-order valence-electron chi connectivity index (χ0n) is 15.4. The maximum absolute atomic E-state index is 13.2. The molecular formula is C19H21F2N3O3S. The first-order valence-corrected chi connectivity index (χ1v) is 10.2. The van der Waals surface area contributed by atoms with Crippen molar-refractivity contribution in [2.24, 2.45) is 0 Å². The van der Waals surface area contributed by atoms with E-state index in [2.05, 4.69) is 5.32 Å². The molecule has 0 bridgehead atoms. The van der Waals surface area contributed by atoms with E-state index in [-0.39, 0.29) is 36.1 Å². The molecule has 2 aromatic carbocycles. The minimum Gasteiger partial charge on any atom is -0.325 e. The van der Waals surface area contributed by atoms with Crippen LogP contribution in [0.15, 0.2) is 47.4 Å². The summed E-state index contributed by atoms with van der Waals surface area (Å²) in [6.45, 7) is 3.27. The van der Waals surface area contributed by atoms with Crippen molar-refractivity contribution >= 4 is 21.6 Å². The number of carbonyl (C=O) groups is 1. The van der Waals surface area contributed by atoms with E-state index in [1.807, 2.05) is 11.8 Å². The molecule has 1 aliphatic rings. The molecule has 2 aromatic rings. The standard InChI is InChI=1S/C19H21F2N3O3S/c1-14-2-5-16(6-3-14)28(26,27)24-10-8-23(9-11-24)13-19(25)22-15-4-7-17(20)18(21)12-15/h2-7,12H,8-11,13H2,1H3,(H,22,25). The molecule has 1 amide bonds. The molecule has 0 saturated carbocycles. The minimum atomic E-state index is -3.56. The number of rotatable bonds is 5. The average Bonchev–Trinajstić information content (AvgIpc) is 2.65. The molecule has 0 radical (unpaired) electrons. The van der Waals surface area contributed by atoms with Gasteiger partial charge in [-0.05, 0) is 31.2 Å². The van der Waals surface area contributed by atoms with Crippen molar-refractivity contribution in [3.63, 3.8) is 0 Å². The molecule has 6 nitrogen and oxygen atoms in total. The van der Waals surface area contributed by atoms with Crippen LogP contribution in [0, 0.1) is 18.6 Å². The number of nitrogens with one attached hydrogen (secondary N) is 1. The third-order valence-corrected chi connectivity index (χ3v) is 6.47. The molecule has 1 aliphatic heterocycles. The Balaban J connectivity index is 1.54. The number of anilines is 1. The van der Waals surface area contributed by atoms with Gasteiger partial charge in [0.05, 0.1) is 11.4 Å². The Kier molecular flexibility index (Phi) is 6.07. The van der Waals surface area contributed by atoms with Gasteiger partial charge in [-0.3, -0.25) is 9.69 Å². The summed E-state index contributed by atoms with van der Waals surface area (Å²) < 4.78 is 52.9. The molecule has 9 heteroatoms. The minimum absolute atomic E-state index is 0.0391. The lowest BCUT2D eigenvalue weighted by Crippen LogP contribution is -2.50. The third-order valence-electron chi connectivity index (χ3n) is 4.56. The number of aryl methyl sites for hydroxylation is 1. The van der Waals surface area contributed by atoms with E-state index in [0.717, 1.165) is 17.7 Å². The van der Waals surface area contributed by atoms with Crippen molar-refractivity contribution in [2.75, 3.05) is 38.0 Å². The van der Waals surface area contributed by atoms with Crippen LogP contribution >= 0.6 is 0 Å². The first-order valence-electron chi connectivity index (χ1n) is 8.80. The van der Waals surface area contributed by atoms with Crippen LogP contribution in [0.25, 0.3) is 0 Å².